The maximum atomic E-state index is 11.6. The maximum absolute atomic E-state index is 11.6. The van der Waals surface area contributed by atoms with E-state index < -0.39 is 0 Å². The molecule has 2 aliphatic rings. The van der Waals surface area contributed by atoms with Crippen LogP contribution in [0.2, 0.25) is 0 Å². The highest BCUT2D eigenvalue weighted by Gasteiger charge is 2.47. The van der Waals surface area contributed by atoms with E-state index in [1.54, 1.807) is 11.8 Å². The summed E-state index contributed by atoms with van der Waals surface area (Å²) in [6.07, 6.45) is 6.74. The minimum atomic E-state index is 0.459. The Hall–Kier alpha value is 0.0200. The minimum absolute atomic E-state index is 0.459. The van der Waals surface area contributed by atoms with Gasteiger partial charge in [-0.25, -0.2) is 0 Å². The van der Waals surface area contributed by atoms with Crippen LogP contribution in [0.5, 0.6) is 0 Å². The molecule has 2 aliphatic carbocycles. The fraction of sp³-hybridized carbons (Fsp3) is 0.900. The quantitative estimate of drug-likeness (QED) is 0.667. The molecule has 0 radical (unpaired) electrons. The number of ketones is 1. The first-order valence-corrected chi connectivity index (χ1v) is 6.22. The Morgan fingerprint density at radius 2 is 2.00 bits per heavy atom. The molecule has 0 saturated heterocycles. The van der Waals surface area contributed by atoms with E-state index in [1.807, 2.05) is 0 Å². The summed E-state index contributed by atoms with van der Waals surface area (Å²) < 4.78 is 0. The number of rotatable bonds is 4. The zero-order chi connectivity index (χ0) is 8.55. The van der Waals surface area contributed by atoms with Crippen LogP contribution in [0.1, 0.15) is 25.7 Å². The van der Waals surface area contributed by atoms with Crippen molar-refractivity contribution in [2.75, 3.05) is 12.0 Å². The molecule has 2 unspecified atom stereocenters. The molecule has 2 atom stereocenters. The second kappa shape index (κ2) is 3.41. The van der Waals surface area contributed by atoms with E-state index in [0.29, 0.717) is 11.7 Å². The average molecular weight is 184 g/mol. The third-order valence-electron chi connectivity index (χ3n) is 3.25. The van der Waals surface area contributed by atoms with Crippen LogP contribution in [0, 0.1) is 17.8 Å². The normalized spacial score (nSPS) is 37.9. The summed E-state index contributed by atoms with van der Waals surface area (Å²) in [5.74, 6) is 3.92. The maximum Gasteiger partial charge on any atom is 0.136 e. The van der Waals surface area contributed by atoms with E-state index in [9.17, 15) is 4.79 Å². The molecule has 0 aliphatic heterocycles. The Morgan fingerprint density at radius 1 is 1.33 bits per heavy atom. The first-order valence-electron chi connectivity index (χ1n) is 4.83. The van der Waals surface area contributed by atoms with Crippen molar-refractivity contribution in [2.45, 2.75) is 25.7 Å². The van der Waals surface area contributed by atoms with E-state index in [4.69, 9.17) is 0 Å². The summed E-state index contributed by atoms with van der Waals surface area (Å²) in [5, 5.41) is 0. The predicted octanol–water partition coefficient (Wildman–Crippen LogP) is 2.35. The number of hydrogen-bond acceptors (Lipinski definition) is 2. The predicted molar refractivity (Wildman–Crippen MR) is 52.3 cm³/mol. The van der Waals surface area contributed by atoms with Crippen LogP contribution in [0.25, 0.3) is 0 Å². The molecule has 68 valence electrons. The van der Waals surface area contributed by atoms with Gasteiger partial charge in [-0.15, -0.1) is 0 Å². The van der Waals surface area contributed by atoms with Gasteiger partial charge >= 0.3 is 0 Å². The average Bonchev–Trinajstić information content (AvgIpc) is 2.69. The van der Waals surface area contributed by atoms with Crippen molar-refractivity contribution in [3.63, 3.8) is 0 Å². The van der Waals surface area contributed by atoms with Gasteiger partial charge in [0.05, 0.1) is 0 Å². The summed E-state index contributed by atoms with van der Waals surface area (Å²) in [6, 6.07) is 0. The van der Waals surface area contributed by atoms with Crippen LogP contribution < -0.4 is 0 Å². The van der Waals surface area contributed by atoms with Crippen molar-refractivity contribution in [3.05, 3.63) is 0 Å². The third-order valence-corrected chi connectivity index (χ3v) is 3.86. The van der Waals surface area contributed by atoms with Gasteiger partial charge in [-0.3, -0.25) is 4.79 Å². The van der Waals surface area contributed by atoms with Gasteiger partial charge < -0.3 is 0 Å². The molecule has 0 amide bonds. The molecule has 2 heteroatoms. The minimum Gasteiger partial charge on any atom is -0.299 e. The van der Waals surface area contributed by atoms with Crippen molar-refractivity contribution in [3.8, 4) is 0 Å². The van der Waals surface area contributed by atoms with Crippen LogP contribution in [0.15, 0.2) is 0 Å². The monoisotopic (exact) mass is 184 g/mol. The Kier molecular flexibility index (Phi) is 2.44. The molecule has 1 nitrogen and oxygen atoms in total. The van der Waals surface area contributed by atoms with E-state index in [2.05, 4.69) is 6.26 Å². The second-order valence-corrected chi connectivity index (χ2v) is 5.12. The van der Waals surface area contributed by atoms with Crippen molar-refractivity contribution in [2.24, 2.45) is 17.8 Å². The number of carbonyl (C=O) groups is 1. The van der Waals surface area contributed by atoms with Gasteiger partial charge in [0.15, 0.2) is 0 Å². The Bertz CT molecular complexity index is 180. The van der Waals surface area contributed by atoms with Crippen LogP contribution in [-0.4, -0.2) is 17.8 Å². The Morgan fingerprint density at radius 3 is 2.58 bits per heavy atom. The highest BCUT2D eigenvalue weighted by Crippen LogP contribution is 2.54. The molecule has 0 heterocycles. The van der Waals surface area contributed by atoms with Crippen molar-refractivity contribution in [1.29, 1.82) is 0 Å². The van der Waals surface area contributed by atoms with Gasteiger partial charge in [0.2, 0.25) is 0 Å². The third kappa shape index (κ3) is 1.68. The van der Waals surface area contributed by atoms with Crippen molar-refractivity contribution < 1.29 is 4.79 Å². The first-order chi connectivity index (χ1) is 5.81. The summed E-state index contributed by atoms with van der Waals surface area (Å²) in [7, 11) is 0. The van der Waals surface area contributed by atoms with Gasteiger partial charge in [0.25, 0.3) is 0 Å². The van der Waals surface area contributed by atoms with Crippen LogP contribution in [-0.2, 0) is 4.79 Å². The van der Waals surface area contributed by atoms with Gasteiger partial charge in [-0.05, 0) is 43.1 Å². The molecular formula is C10H16OS. The summed E-state index contributed by atoms with van der Waals surface area (Å²) in [4.78, 5) is 11.6. The van der Waals surface area contributed by atoms with E-state index in [1.165, 1.54) is 19.3 Å². The smallest absolute Gasteiger partial charge is 0.136 e. The molecule has 0 N–H and O–H groups in total. The lowest BCUT2D eigenvalue weighted by molar-refractivity contribution is -0.122. The van der Waals surface area contributed by atoms with Crippen molar-refractivity contribution >= 4 is 17.5 Å². The lowest BCUT2D eigenvalue weighted by atomic mass is 9.97. The molecule has 2 rings (SSSR count). The molecule has 0 aromatic heterocycles. The van der Waals surface area contributed by atoms with E-state index >= 15 is 0 Å². The summed E-state index contributed by atoms with van der Waals surface area (Å²) >= 11 is 1.78. The molecule has 0 spiro atoms. The topological polar surface area (TPSA) is 17.1 Å². The Labute approximate surface area is 78.3 Å². The number of fused-ring (bicyclic) bond motifs is 1. The van der Waals surface area contributed by atoms with Gasteiger partial charge in [0, 0.05) is 12.3 Å². The molecule has 2 saturated carbocycles. The number of thioether (sulfide) groups is 1. The molecule has 12 heavy (non-hydrogen) atoms. The summed E-state index contributed by atoms with van der Waals surface area (Å²) in [5.41, 5.74) is 0. The Balaban J connectivity index is 1.73. The van der Waals surface area contributed by atoms with Gasteiger partial charge in [0.1, 0.15) is 5.78 Å². The van der Waals surface area contributed by atoms with Crippen LogP contribution in [0.4, 0.5) is 0 Å². The molecule has 0 aromatic rings. The van der Waals surface area contributed by atoms with Crippen LogP contribution in [0.3, 0.4) is 0 Å². The standard InChI is InChI=1S/C10H16OS/c1-12-3-2-10(11)9-5-7-4-8(7)6-9/h7-9H,2-6H2,1H3. The van der Waals surface area contributed by atoms with Gasteiger partial charge in [-0.2, -0.15) is 11.8 Å². The number of carbonyl (C=O) groups excluding carboxylic acids is 1. The SMILES string of the molecule is CSCCC(=O)C1CC2CC2C1. The largest absolute Gasteiger partial charge is 0.299 e. The fourth-order valence-corrected chi connectivity index (χ4v) is 2.79. The zero-order valence-corrected chi connectivity index (χ0v) is 8.40. The summed E-state index contributed by atoms with van der Waals surface area (Å²) in [6.45, 7) is 0. The number of Topliss-reactive ketones (excluding diaryl/α,β-unsaturated/α-hetero) is 1. The highest BCUT2D eigenvalue weighted by molar-refractivity contribution is 7.98. The van der Waals surface area contributed by atoms with Crippen LogP contribution >= 0.6 is 11.8 Å². The van der Waals surface area contributed by atoms with Crippen molar-refractivity contribution in [1.82, 2.24) is 0 Å². The zero-order valence-electron chi connectivity index (χ0n) is 7.58. The lowest BCUT2D eigenvalue weighted by Gasteiger charge is -2.08. The second-order valence-electron chi connectivity index (χ2n) is 4.13. The van der Waals surface area contributed by atoms with Gasteiger partial charge in [-0.1, -0.05) is 0 Å². The molecule has 0 aromatic carbocycles. The molecular weight excluding hydrogens is 168 g/mol. The van der Waals surface area contributed by atoms with E-state index in [-0.39, 0.29) is 0 Å². The van der Waals surface area contributed by atoms with E-state index in [0.717, 1.165) is 24.0 Å². The molecule has 2 fully saturated rings. The number of hydrogen-bond donors (Lipinski definition) is 0. The molecule has 0 bridgehead atoms. The highest BCUT2D eigenvalue weighted by atomic mass is 32.2. The fourth-order valence-electron chi connectivity index (χ4n) is 2.38. The first kappa shape index (κ1) is 8.61. The lowest BCUT2D eigenvalue weighted by Crippen LogP contribution is -2.13.